The van der Waals surface area contributed by atoms with Crippen LogP contribution >= 0.6 is 0 Å². The van der Waals surface area contributed by atoms with Crippen molar-refractivity contribution in [2.45, 2.75) is 12.6 Å². The molecule has 10 heteroatoms. The van der Waals surface area contributed by atoms with Gasteiger partial charge in [-0.2, -0.15) is 15.0 Å². The van der Waals surface area contributed by atoms with Crippen molar-refractivity contribution >= 4 is 11.9 Å². The Kier molecular flexibility index (Phi) is 4.37. The lowest BCUT2D eigenvalue weighted by molar-refractivity contribution is 0.0497. The molecule has 0 aliphatic carbocycles. The van der Waals surface area contributed by atoms with E-state index in [1.54, 1.807) is 46.2 Å². The van der Waals surface area contributed by atoms with Crippen LogP contribution in [0.4, 0.5) is 0 Å². The minimum Gasteiger partial charge on any atom is -0.465 e. The average molecular weight is 367 g/mol. The Morgan fingerprint density at radius 1 is 1.11 bits per heavy atom. The molecule has 3 aromatic rings. The van der Waals surface area contributed by atoms with Crippen molar-refractivity contribution in [3.8, 4) is 0 Å². The molecule has 0 spiro atoms. The summed E-state index contributed by atoms with van der Waals surface area (Å²) in [6, 6.07) is 6.53. The molecule has 1 fully saturated rings. The van der Waals surface area contributed by atoms with Crippen molar-refractivity contribution in [1.82, 2.24) is 34.9 Å². The zero-order valence-corrected chi connectivity index (χ0v) is 14.6. The number of carbonyl (C=O) groups is 2. The summed E-state index contributed by atoms with van der Waals surface area (Å²) in [6.07, 6.45) is 5.07. The highest BCUT2D eigenvalue weighted by Gasteiger charge is 2.33. The van der Waals surface area contributed by atoms with Gasteiger partial charge < -0.3 is 9.64 Å². The largest absolute Gasteiger partial charge is 0.465 e. The Balaban J connectivity index is 1.34. The first-order valence-electron chi connectivity index (χ1n) is 8.36. The van der Waals surface area contributed by atoms with E-state index in [9.17, 15) is 9.59 Å². The van der Waals surface area contributed by atoms with Crippen LogP contribution in [0.25, 0.3) is 0 Å². The number of nitrogens with zero attached hydrogens (tertiary/aromatic N) is 7. The van der Waals surface area contributed by atoms with Crippen molar-refractivity contribution in [3.05, 3.63) is 59.7 Å². The summed E-state index contributed by atoms with van der Waals surface area (Å²) in [6.45, 7) is 1.57. The first-order valence-corrected chi connectivity index (χ1v) is 8.36. The topological polar surface area (TPSA) is 108 Å². The molecule has 3 heterocycles. The molecule has 0 N–H and O–H groups in total. The molecule has 10 nitrogen and oxygen atoms in total. The SMILES string of the molecule is COC(=O)c1ccc(C(=O)N2CC(n3cc(Cn4nccn4)nn3)C2)cc1. The lowest BCUT2D eigenvalue weighted by atomic mass is 10.1. The van der Waals surface area contributed by atoms with E-state index in [1.165, 1.54) is 11.9 Å². The minimum atomic E-state index is -0.426. The number of amides is 1. The maximum absolute atomic E-state index is 12.5. The molecule has 1 aliphatic heterocycles. The molecular weight excluding hydrogens is 350 g/mol. The molecule has 27 heavy (non-hydrogen) atoms. The third-order valence-corrected chi connectivity index (χ3v) is 4.40. The fourth-order valence-electron chi connectivity index (χ4n) is 2.87. The summed E-state index contributed by atoms with van der Waals surface area (Å²) in [5.41, 5.74) is 1.71. The molecule has 0 saturated carbocycles. The van der Waals surface area contributed by atoms with Crippen molar-refractivity contribution in [1.29, 1.82) is 0 Å². The van der Waals surface area contributed by atoms with Gasteiger partial charge in [0.25, 0.3) is 5.91 Å². The van der Waals surface area contributed by atoms with Gasteiger partial charge in [-0.1, -0.05) is 5.21 Å². The number of benzene rings is 1. The highest BCUT2D eigenvalue weighted by molar-refractivity contribution is 5.96. The Bertz CT molecular complexity index is 943. The molecule has 0 unspecified atom stereocenters. The first kappa shape index (κ1) is 16.9. The van der Waals surface area contributed by atoms with Crippen molar-refractivity contribution in [2.75, 3.05) is 20.2 Å². The van der Waals surface area contributed by atoms with E-state index in [1.807, 2.05) is 6.20 Å². The van der Waals surface area contributed by atoms with Crippen LogP contribution in [0.15, 0.2) is 42.9 Å². The van der Waals surface area contributed by atoms with Gasteiger partial charge in [0.05, 0.1) is 37.3 Å². The van der Waals surface area contributed by atoms with Gasteiger partial charge in [-0.05, 0) is 24.3 Å². The molecule has 0 atom stereocenters. The van der Waals surface area contributed by atoms with E-state index in [2.05, 4.69) is 25.2 Å². The normalized spacial score (nSPS) is 14.0. The highest BCUT2D eigenvalue weighted by atomic mass is 16.5. The summed E-state index contributed by atoms with van der Waals surface area (Å²) < 4.78 is 6.42. The summed E-state index contributed by atoms with van der Waals surface area (Å²) in [5.74, 6) is -0.506. The zero-order chi connectivity index (χ0) is 18.8. The maximum atomic E-state index is 12.5. The molecule has 1 saturated heterocycles. The first-order chi connectivity index (χ1) is 13.1. The van der Waals surface area contributed by atoms with Crippen LogP contribution in [0.5, 0.6) is 0 Å². The predicted octanol–water partition coefficient (Wildman–Crippen LogP) is 0.402. The number of hydrogen-bond donors (Lipinski definition) is 0. The third-order valence-electron chi connectivity index (χ3n) is 4.40. The van der Waals surface area contributed by atoms with E-state index in [0.717, 1.165) is 5.69 Å². The van der Waals surface area contributed by atoms with E-state index in [-0.39, 0.29) is 11.9 Å². The molecule has 4 rings (SSSR count). The Hall–Kier alpha value is -3.56. The number of methoxy groups -OCH3 is 1. The number of carbonyl (C=O) groups excluding carboxylic acids is 2. The molecule has 0 radical (unpaired) electrons. The van der Waals surface area contributed by atoms with Crippen LogP contribution in [0.3, 0.4) is 0 Å². The Morgan fingerprint density at radius 3 is 2.44 bits per heavy atom. The van der Waals surface area contributed by atoms with Gasteiger partial charge >= 0.3 is 5.97 Å². The molecule has 2 aromatic heterocycles. The van der Waals surface area contributed by atoms with Crippen LogP contribution < -0.4 is 0 Å². The number of hydrogen-bond acceptors (Lipinski definition) is 7. The summed E-state index contributed by atoms with van der Waals surface area (Å²) >= 11 is 0. The van der Waals surface area contributed by atoms with Gasteiger partial charge in [0.2, 0.25) is 0 Å². The Morgan fingerprint density at radius 2 is 1.78 bits per heavy atom. The molecule has 1 aliphatic rings. The summed E-state index contributed by atoms with van der Waals surface area (Å²) in [5, 5.41) is 16.3. The van der Waals surface area contributed by atoms with E-state index in [0.29, 0.717) is 30.8 Å². The van der Waals surface area contributed by atoms with Crippen LogP contribution in [-0.2, 0) is 11.3 Å². The van der Waals surface area contributed by atoms with E-state index in [4.69, 9.17) is 0 Å². The second kappa shape index (κ2) is 6.98. The number of likely N-dealkylation sites (tertiary alicyclic amines) is 1. The van der Waals surface area contributed by atoms with Crippen LogP contribution in [0.2, 0.25) is 0 Å². The molecular formula is C17H17N7O3. The van der Waals surface area contributed by atoms with Gasteiger partial charge in [-0.15, -0.1) is 5.10 Å². The van der Waals surface area contributed by atoms with Gasteiger partial charge in [-0.3, -0.25) is 4.79 Å². The quantitative estimate of drug-likeness (QED) is 0.601. The lowest BCUT2D eigenvalue weighted by Crippen LogP contribution is -2.50. The predicted molar refractivity (Wildman–Crippen MR) is 91.9 cm³/mol. The number of ether oxygens (including phenoxy) is 1. The monoisotopic (exact) mass is 367 g/mol. The maximum Gasteiger partial charge on any atom is 0.337 e. The van der Waals surface area contributed by atoms with Gasteiger partial charge in [0.1, 0.15) is 12.2 Å². The van der Waals surface area contributed by atoms with Crippen LogP contribution in [0.1, 0.15) is 32.5 Å². The molecule has 138 valence electrons. The fraction of sp³-hybridized carbons (Fsp3) is 0.294. The van der Waals surface area contributed by atoms with Crippen molar-refractivity contribution in [2.24, 2.45) is 0 Å². The van der Waals surface area contributed by atoms with Crippen molar-refractivity contribution < 1.29 is 14.3 Å². The fourth-order valence-corrected chi connectivity index (χ4v) is 2.87. The number of esters is 1. The Labute approximate surface area is 154 Å². The minimum absolute atomic E-state index is 0.0799. The van der Waals surface area contributed by atoms with E-state index >= 15 is 0 Å². The summed E-state index contributed by atoms with van der Waals surface area (Å²) in [4.78, 5) is 27.2. The second-order valence-corrected chi connectivity index (χ2v) is 6.18. The summed E-state index contributed by atoms with van der Waals surface area (Å²) in [7, 11) is 1.32. The van der Waals surface area contributed by atoms with Gasteiger partial charge in [0.15, 0.2) is 0 Å². The molecule has 0 bridgehead atoms. The van der Waals surface area contributed by atoms with Crippen LogP contribution in [-0.4, -0.2) is 67.0 Å². The zero-order valence-electron chi connectivity index (χ0n) is 14.6. The van der Waals surface area contributed by atoms with Gasteiger partial charge in [-0.25, -0.2) is 9.48 Å². The van der Waals surface area contributed by atoms with Gasteiger partial charge in [0, 0.05) is 18.7 Å². The lowest BCUT2D eigenvalue weighted by Gasteiger charge is -2.38. The van der Waals surface area contributed by atoms with Crippen molar-refractivity contribution in [3.63, 3.8) is 0 Å². The number of rotatable bonds is 5. The molecule has 1 amide bonds. The smallest absolute Gasteiger partial charge is 0.337 e. The third kappa shape index (κ3) is 3.41. The highest BCUT2D eigenvalue weighted by Crippen LogP contribution is 2.23. The standard InChI is InChI=1S/C17H17N7O3/c1-27-17(26)13-4-2-12(3-5-13)16(25)22-10-15(11-22)23-8-14(20-21-23)9-24-18-6-7-19-24/h2-8,15H,9-11H2,1H3. The van der Waals surface area contributed by atoms with Crippen LogP contribution in [0, 0.1) is 0 Å². The van der Waals surface area contributed by atoms with E-state index < -0.39 is 5.97 Å². The number of aromatic nitrogens is 6. The molecule has 1 aromatic carbocycles. The second-order valence-electron chi connectivity index (χ2n) is 6.18. The average Bonchev–Trinajstić information content (AvgIpc) is 3.32.